The van der Waals surface area contributed by atoms with Gasteiger partial charge >= 0.3 is 5.97 Å². The highest BCUT2D eigenvalue weighted by Gasteiger charge is 2.39. The first-order valence-electron chi connectivity index (χ1n) is 11.4. The van der Waals surface area contributed by atoms with E-state index in [1.165, 1.54) is 4.90 Å². The lowest BCUT2D eigenvalue weighted by Gasteiger charge is -2.29. The van der Waals surface area contributed by atoms with Crippen molar-refractivity contribution in [1.29, 1.82) is 0 Å². The SMILES string of the molecule is CCN(CCCOc1ccc2c(c1)C(=O)N(C1CCC(=O)NC1=O)C2)CC(=O)OC(C)(C)C. The van der Waals surface area contributed by atoms with Crippen molar-refractivity contribution in [3.63, 3.8) is 0 Å². The topological polar surface area (TPSA) is 105 Å². The number of nitrogens with zero attached hydrogens (tertiary/aromatic N) is 2. The summed E-state index contributed by atoms with van der Waals surface area (Å²) < 4.78 is 11.2. The summed E-state index contributed by atoms with van der Waals surface area (Å²) in [5.41, 5.74) is 0.863. The Morgan fingerprint density at radius 1 is 1.24 bits per heavy atom. The van der Waals surface area contributed by atoms with Crippen LogP contribution in [0.2, 0.25) is 0 Å². The predicted octanol–water partition coefficient (Wildman–Crippen LogP) is 1.88. The molecular formula is C24H33N3O6. The molecule has 1 N–H and O–H groups in total. The average Bonchev–Trinajstić information content (AvgIpc) is 3.05. The number of esters is 1. The molecule has 9 nitrogen and oxygen atoms in total. The second-order valence-corrected chi connectivity index (χ2v) is 9.38. The van der Waals surface area contributed by atoms with E-state index in [0.29, 0.717) is 43.9 Å². The quantitative estimate of drug-likeness (QED) is 0.341. The first kappa shape index (κ1) is 24.7. The number of ether oxygens (including phenoxy) is 2. The van der Waals surface area contributed by atoms with Crippen molar-refractivity contribution < 1.29 is 28.7 Å². The number of imide groups is 1. The number of hydrogen-bond acceptors (Lipinski definition) is 7. The molecule has 0 aromatic heterocycles. The molecule has 180 valence electrons. The Bertz CT molecular complexity index is 923. The molecule has 2 aliphatic rings. The Hall–Kier alpha value is -2.94. The fraction of sp³-hybridized carbons (Fsp3) is 0.583. The Morgan fingerprint density at radius 2 is 2.00 bits per heavy atom. The van der Waals surface area contributed by atoms with Crippen LogP contribution in [0.15, 0.2) is 18.2 Å². The smallest absolute Gasteiger partial charge is 0.320 e. The van der Waals surface area contributed by atoms with Crippen molar-refractivity contribution in [2.24, 2.45) is 0 Å². The molecule has 0 aliphatic carbocycles. The highest BCUT2D eigenvalue weighted by atomic mass is 16.6. The van der Waals surface area contributed by atoms with E-state index in [0.717, 1.165) is 12.1 Å². The Labute approximate surface area is 194 Å². The van der Waals surface area contributed by atoms with Crippen LogP contribution in [-0.2, 0) is 25.7 Å². The number of carbonyl (C=O) groups is 4. The number of hydrogen-bond donors (Lipinski definition) is 1. The van der Waals surface area contributed by atoms with Gasteiger partial charge in [-0.25, -0.2) is 0 Å². The predicted molar refractivity (Wildman–Crippen MR) is 121 cm³/mol. The van der Waals surface area contributed by atoms with Crippen LogP contribution in [0.25, 0.3) is 0 Å². The molecule has 3 amide bonds. The van der Waals surface area contributed by atoms with Crippen molar-refractivity contribution in [1.82, 2.24) is 15.1 Å². The molecular weight excluding hydrogens is 426 g/mol. The minimum Gasteiger partial charge on any atom is -0.494 e. The van der Waals surface area contributed by atoms with E-state index in [1.807, 2.05) is 44.7 Å². The summed E-state index contributed by atoms with van der Waals surface area (Å²) in [4.78, 5) is 52.0. The van der Waals surface area contributed by atoms with Crippen molar-refractivity contribution >= 4 is 23.7 Å². The van der Waals surface area contributed by atoms with Crippen LogP contribution >= 0.6 is 0 Å². The van der Waals surface area contributed by atoms with E-state index >= 15 is 0 Å². The summed E-state index contributed by atoms with van der Waals surface area (Å²) in [6, 6.07) is 4.74. The lowest BCUT2D eigenvalue weighted by Crippen LogP contribution is -2.52. The number of fused-ring (bicyclic) bond motifs is 1. The van der Waals surface area contributed by atoms with Crippen molar-refractivity contribution in [2.75, 3.05) is 26.2 Å². The van der Waals surface area contributed by atoms with Crippen LogP contribution in [0.3, 0.4) is 0 Å². The van der Waals surface area contributed by atoms with Gasteiger partial charge in [0.2, 0.25) is 11.8 Å². The van der Waals surface area contributed by atoms with E-state index in [9.17, 15) is 19.2 Å². The molecule has 33 heavy (non-hydrogen) atoms. The standard InChI is InChI=1S/C24H33N3O6/c1-5-26(15-21(29)33-24(2,3)4)11-6-12-32-17-8-7-16-14-27(23(31)18(16)13-17)19-9-10-20(28)25-22(19)30/h7-8,13,19H,5-6,9-12,14-15H2,1-4H3,(H,25,28,30). The molecule has 0 bridgehead atoms. The first-order valence-corrected chi connectivity index (χ1v) is 11.4. The number of nitrogens with one attached hydrogen (secondary N) is 1. The molecule has 1 atom stereocenters. The van der Waals surface area contributed by atoms with E-state index in [1.54, 1.807) is 6.07 Å². The molecule has 1 aromatic carbocycles. The van der Waals surface area contributed by atoms with Crippen LogP contribution in [0.1, 0.15) is 62.9 Å². The second-order valence-electron chi connectivity index (χ2n) is 9.38. The maximum absolute atomic E-state index is 12.9. The van der Waals surface area contributed by atoms with Gasteiger partial charge in [-0.05, 0) is 57.9 Å². The normalized spacial score (nSPS) is 18.4. The van der Waals surface area contributed by atoms with E-state index in [-0.39, 0.29) is 30.7 Å². The van der Waals surface area contributed by atoms with Gasteiger partial charge < -0.3 is 14.4 Å². The lowest BCUT2D eigenvalue weighted by molar-refractivity contribution is -0.156. The highest BCUT2D eigenvalue weighted by molar-refractivity contribution is 6.05. The number of amides is 3. The zero-order chi connectivity index (χ0) is 24.2. The zero-order valence-corrected chi connectivity index (χ0v) is 19.8. The van der Waals surface area contributed by atoms with Gasteiger partial charge in [-0.15, -0.1) is 0 Å². The van der Waals surface area contributed by atoms with Gasteiger partial charge in [-0.1, -0.05) is 13.0 Å². The molecule has 1 saturated heterocycles. The van der Waals surface area contributed by atoms with Gasteiger partial charge in [-0.2, -0.15) is 0 Å². The van der Waals surface area contributed by atoms with Gasteiger partial charge in [0.25, 0.3) is 5.91 Å². The van der Waals surface area contributed by atoms with Crippen LogP contribution in [-0.4, -0.2) is 71.4 Å². The largest absolute Gasteiger partial charge is 0.494 e. The Balaban J connectivity index is 1.49. The number of likely N-dealkylation sites (N-methyl/N-ethyl adjacent to an activating group) is 1. The van der Waals surface area contributed by atoms with E-state index in [4.69, 9.17) is 9.47 Å². The third kappa shape index (κ3) is 6.54. The highest BCUT2D eigenvalue weighted by Crippen LogP contribution is 2.30. The molecule has 0 radical (unpaired) electrons. The van der Waals surface area contributed by atoms with Gasteiger partial charge in [0, 0.05) is 25.1 Å². The fourth-order valence-electron chi connectivity index (χ4n) is 4.01. The number of piperidine rings is 1. The molecule has 9 heteroatoms. The maximum atomic E-state index is 12.9. The summed E-state index contributed by atoms with van der Waals surface area (Å²) in [5, 5.41) is 2.31. The third-order valence-electron chi connectivity index (χ3n) is 5.61. The monoisotopic (exact) mass is 459 g/mol. The number of carbonyl (C=O) groups excluding carboxylic acids is 4. The van der Waals surface area contributed by atoms with Crippen LogP contribution in [0.4, 0.5) is 0 Å². The molecule has 2 aliphatic heterocycles. The van der Waals surface area contributed by atoms with Crippen molar-refractivity contribution in [3.8, 4) is 5.75 Å². The van der Waals surface area contributed by atoms with Gasteiger partial charge in [0.1, 0.15) is 17.4 Å². The van der Waals surface area contributed by atoms with Gasteiger partial charge in [0.05, 0.1) is 13.2 Å². The van der Waals surface area contributed by atoms with Gasteiger partial charge in [-0.3, -0.25) is 29.4 Å². The summed E-state index contributed by atoms with van der Waals surface area (Å²) in [7, 11) is 0. The number of rotatable bonds is 9. The molecule has 0 spiro atoms. The average molecular weight is 460 g/mol. The summed E-state index contributed by atoms with van der Waals surface area (Å²) in [5.74, 6) is -0.607. The second kappa shape index (κ2) is 10.3. The van der Waals surface area contributed by atoms with E-state index in [2.05, 4.69) is 5.32 Å². The minimum absolute atomic E-state index is 0.223. The summed E-state index contributed by atoms with van der Waals surface area (Å²) in [6.07, 6.45) is 1.28. The van der Waals surface area contributed by atoms with Crippen LogP contribution in [0.5, 0.6) is 5.75 Å². The van der Waals surface area contributed by atoms with Crippen LogP contribution < -0.4 is 10.1 Å². The van der Waals surface area contributed by atoms with Crippen molar-refractivity contribution in [3.05, 3.63) is 29.3 Å². The van der Waals surface area contributed by atoms with E-state index < -0.39 is 17.6 Å². The van der Waals surface area contributed by atoms with Crippen LogP contribution in [0, 0.1) is 0 Å². The van der Waals surface area contributed by atoms with Gasteiger partial charge in [0.15, 0.2) is 0 Å². The fourth-order valence-corrected chi connectivity index (χ4v) is 4.01. The lowest BCUT2D eigenvalue weighted by atomic mass is 10.0. The first-order chi connectivity index (χ1) is 15.6. The third-order valence-corrected chi connectivity index (χ3v) is 5.61. The Morgan fingerprint density at radius 3 is 2.67 bits per heavy atom. The molecule has 3 rings (SSSR count). The summed E-state index contributed by atoms with van der Waals surface area (Å²) >= 11 is 0. The molecule has 1 unspecified atom stereocenters. The zero-order valence-electron chi connectivity index (χ0n) is 19.8. The molecule has 1 fully saturated rings. The molecule has 2 heterocycles. The number of benzene rings is 1. The Kier molecular flexibility index (Phi) is 7.73. The maximum Gasteiger partial charge on any atom is 0.320 e. The molecule has 1 aromatic rings. The molecule has 0 saturated carbocycles. The van der Waals surface area contributed by atoms with Crippen molar-refractivity contribution in [2.45, 2.75) is 65.1 Å². The minimum atomic E-state index is -0.628. The summed E-state index contributed by atoms with van der Waals surface area (Å²) in [6.45, 7) is 9.96.